The van der Waals surface area contributed by atoms with Gasteiger partial charge in [-0.1, -0.05) is 46.9 Å². The number of nitrogens with one attached hydrogen (secondary N) is 2. The molecule has 4 heterocycles. The molecule has 1 saturated heterocycles. The van der Waals surface area contributed by atoms with Crippen LogP contribution in [-0.2, 0) is 20.9 Å². The monoisotopic (exact) mass is 471 g/mol. The molecule has 2 aromatic heterocycles. The van der Waals surface area contributed by atoms with Crippen LogP contribution in [0.3, 0.4) is 0 Å². The maximum Gasteiger partial charge on any atom is 0.308 e. The molecule has 0 aliphatic carbocycles. The number of hydrogen-bond acceptors (Lipinski definition) is 7. The largest absolute Gasteiger partial charge is 0.325 e. The summed E-state index contributed by atoms with van der Waals surface area (Å²) in [6, 6.07) is 11.2. The molecule has 10 heteroatoms. The molecule has 0 radical (unpaired) electrons. The molecular formula is C21H17N3O4S3. The van der Waals surface area contributed by atoms with Gasteiger partial charge >= 0.3 is 4.87 Å². The molecule has 0 saturated carbocycles. The number of amides is 3. The minimum atomic E-state index is -0.618. The first-order chi connectivity index (χ1) is 14.9. The van der Waals surface area contributed by atoms with Gasteiger partial charge in [0.15, 0.2) is 0 Å². The van der Waals surface area contributed by atoms with E-state index in [0.29, 0.717) is 10.7 Å². The number of rotatable bonds is 4. The van der Waals surface area contributed by atoms with Crippen LogP contribution >= 0.6 is 34.4 Å². The molecule has 2 N–H and O–H groups in total. The van der Waals surface area contributed by atoms with E-state index in [1.54, 1.807) is 12.1 Å². The third kappa shape index (κ3) is 3.54. The van der Waals surface area contributed by atoms with E-state index in [1.807, 2.05) is 36.6 Å². The average molecular weight is 472 g/mol. The number of fused-ring (bicyclic) bond motifs is 2. The number of carbonyl (C=O) groups excluding carboxylic acids is 3. The molecule has 2 unspecified atom stereocenters. The van der Waals surface area contributed by atoms with Crippen LogP contribution in [0.5, 0.6) is 0 Å². The van der Waals surface area contributed by atoms with Crippen molar-refractivity contribution in [2.24, 2.45) is 5.92 Å². The lowest BCUT2D eigenvalue weighted by Crippen LogP contribution is -2.32. The van der Waals surface area contributed by atoms with Crippen molar-refractivity contribution in [3.8, 4) is 0 Å². The third-order valence-corrected chi connectivity index (χ3v) is 8.95. The van der Waals surface area contributed by atoms with Crippen LogP contribution in [0.1, 0.15) is 21.2 Å². The summed E-state index contributed by atoms with van der Waals surface area (Å²) >= 11 is 3.74. The first kappa shape index (κ1) is 20.2. The van der Waals surface area contributed by atoms with E-state index in [-0.39, 0.29) is 35.1 Å². The van der Waals surface area contributed by atoms with Gasteiger partial charge in [-0.15, -0.1) is 11.3 Å². The maximum atomic E-state index is 12.8. The van der Waals surface area contributed by atoms with Crippen molar-refractivity contribution in [3.05, 3.63) is 66.8 Å². The van der Waals surface area contributed by atoms with Crippen LogP contribution in [0.4, 0.5) is 5.69 Å². The Morgan fingerprint density at radius 2 is 1.90 bits per heavy atom. The van der Waals surface area contributed by atoms with Gasteiger partial charge in [0, 0.05) is 21.4 Å². The van der Waals surface area contributed by atoms with E-state index in [2.05, 4.69) is 10.6 Å². The van der Waals surface area contributed by atoms with Crippen LogP contribution < -0.4 is 15.5 Å². The zero-order valence-corrected chi connectivity index (χ0v) is 18.7. The molecule has 2 aliphatic heterocycles. The number of aryl methyl sites for hydroxylation is 1. The smallest absolute Gasteiger partial charge is 0.308 e. The Balaban J connectivity index is 1.50. The lowest BCUT2D eigenvalue weighted by molar-refractivity contribution is -0.126. The summed E-state index contributed by atoms with van der Waals surface area (Å²) in [6.45, 7) is 1.80. The van der Waals surface area contributed by atoms with Crippen LogP contribution in [0.15, 0.2) is 51.6 Å². The van der Waals surface area contributed by atoms with Gasteiger partial charge in [-0.05, 0) is 30.5 Å². The fourth-order valence-electron chi connectivity index (χ4n) is 3.93. The Bertz CT molecular complexity index is 1240. The van der Waals surface area contributed by atoms with Gasteiger partial charge in [0.1, 0.15) is 11.8 Å². The van der Waals surface area contributed by atoms with E-state index < -0.39 is 11.2 Å². The van der Waals surface area contributed by atoms with Crippen LogP contribution in [0, 0.1) is 12.8 Å². The molecule has 31 heavy (non-hydrogen) atoms. The second kappa shape index (κ2) is 7.77. The Kier molecular flexibility index (Phi) is 5.07. The average Bonchev–Trinajstić information content (AvgIpc) is 3.43. The number of imide groups is 1. The fourth-order valence-corrected chi connectivity index (χ4v) is 7.62. The van der Waals surface area contributed by atoms with Crippen molar-refractivity contribution in [2.75, 3.05) is 5.32 Å². The van der Waals surface area contributed by atoms with Gasteiger partial charge in [-0.2, -0.15) is 0 Å². The fraction of sp³-hybridized carbons (Fsp3) is 0.238. The van der Waals surface area contributed by atoms with Crippen molar-refractivity contribution in [2.45, 2.75) is 29.7 Å². The molecule has 1 fully saturated rings. The number of aromatic nitrogens is 1. The van der Waals surface area contributed by atoms with Crippen molar-refractivity contribution >= 4 is 57.8 Å². The summed E-state index contributed by atoms with van der Waals surface area (Å²) in [4.78, 5) is 51.9. The number of hydrogen-bond donors (Lipinski definition) is 2. The first-order valence-corrected chi connectivity index (χ1v) is 12.1. The Morgan fingerprint density at radius 1 is 1.13 bits per heavy atom. The SMILES string of the molecule is Cc1ccc(NC(=O)Cn2c3c(sc2=O)[C@@H](c2cccs2)C2C(=O)NC(=O)C2S3)cc1. The predicted octanol–water partition coefficient (Wildman–Crippen LogP) is 2.80. The van der Waals surface area contributed by atoms with Gasteiger partial charge in [0.2, 0.25) is 17.7 Å². The van der Waals surface area contributed by atoms with Crippen molar-refractivity contribution in [3.63, 3.8) is 0 Å². The molecule has 3 amide bonds. The number of anilines is 1. The highest BCUT2D eigenvalue weighted by Gasteiger charge is 2.53. The molecule has 5 rings (SSSR count). The Labute approximate surface area is 189 Å². The molecule has 2 aliphatic rings. The van der Waals surface area contributed by atoms with Crippen LogP contribution in [-0.4, -0.2) is 27.5 Å². The van der Waals surface area contributed by atoms with Crippen molar-refractivity contribution in [1.82, 2.24) is 9.88 Å². The van der Waals surface area contributed by atoms with E-state index in [9.17, 15) is 19.2 Å². The molecule has 158 valence electrons. The normalized spacial score (nSPS) is 22.0. The molecule has 0 bridgehead atoms. The highest BCUT2D eigenvalue weighted by Crippen LogP contribution is 2.52. The first-order valence-electron chi connectivity index (χ1n) is 9.57. The topological polar surface area (TPSA) is 97.3 Å². The third-order valence-electron chi connectivity index (χ3n) is 5.37. The van der Waals surface area contributed by atoms with E-state index in [1.165, 1.54) is 27.7 Å². The van der Waals surface area contributed by atoms with Gasteiger partial charge in [-0.25, -0.2) is 0 Å². The van der Waals surface area contributed by atoms with Gasteiger partial charge in [0.25, 0.3) is 0 Å². The highest BCUT2D eigenvalue weighted by atomic mass is 32.2. The lowest BCUT2D eigenvalue weighted by Gasteiger charge is -2.29. The standard InChI is InChI=1S/C21H17N3O4S3/c1-10-4-6-11(7-5-10)22-13(25)9-24-20-17(31-21(24)28)14(12-3-2-8-29-12)15-16(30-20)19(27)23-18(15)26/h2-8,14-16H,9H2,1H3,(H,22,25)(H,23,26,27)/t14-,15?,16?/m0/s1. The number of thiophene rings is 1. The number of nitrogens with zero attached hydrogens (tertiary/aromatic N) is 1. The maximum absolute atomic E-state index is 12.8. The second-order valence-corrected chi connectivity index (χ2v) is 10.6. The zero-order chi connectivity index (χ0) is 21.7. The summed E-state index contributed by atoms with van der Waals surface area (Å²) in [6.07, 6.45) is 0. The molecule has 1 aromatic carbocycles. The lowest BCUT2D eigenvalue weighted by atomic mass is 9.87. The number of benzene rings is 1. The summed E-state index contributed by atoms with van der Waals surface area (Å²) in [5.74, 6) is -1.91. The van der Waals surface area contributed by atoms with Crippen LogP contribution in [0.2, 0.25) is 0 Å². The summed E-state index contributed by atoms with van der Waals surface area (Å²) in [7, 11) is 0. The van der Waals surface area contributed by atoms with E-state index in [0.717, 1.165) is 26.7 Å². The van der Waals surface area contributed by atoms with E-state index in [4.69, 9.17) is 0 Å². The minimum Gasteiger partial charge on any atom is -0.325 e. The highest BCUT2D eigenvalue weighted by molar-refractivity contribution is 8.00. The van der Waals surface area contributed by atoms with Gasteiger partial charge in [-0.3, -0.25) is 29.1 Å². The predicted molar refractivity (Wildman–Crippen MR) is 121 cm³/mol. The molecule has 0 spiro atoms. The molecule has 3 aromatic rings. The van der Waals surface area contributed by atoms with Gasteiger partial charge < -0.3 is 5.32 Å². The number of thiazole rings is 1. The molecule has 3 atom stereocenters. The summed E-state index contributed by atoms with van der Waals surface area (Å²) in [5.41, 5.74) is 1.73. The van der Waals surface area contributed by atoms with E-state index >= 15 is 0 Å². The Hall–Kier alpha value is -2.69. The Morgan fingerprint density at radius 3 is 2.61 bits per heavy atom. The minimum absolute atomic E-state index is 0.157. The zero-order valence-electron chi connectivity index (χ0n) is 16.3. The molecular weight excluding hydrogens is 454 g/mol. The summed E-state index contributed by atoms with van der Waals surface area (Å²) in [5, 5.41) is 7.13. The second-order valence-electron chi connectivity index (χ2n) is 7.45. The van der Waals surface area contributed by atoms with Crippen LogP contribution in [0.25, 0.3) is 0 Å². The number of thioether (sulfide) groups is 1. The quantitative estimate of drug-likeness (QED) is 0.571. The van der Waals surface area contributed by atoms with Crippen molar-refractivity contribution < 1.29 is 14.4 Å². The van der Waals surface area contributed by atoms with Crippen molar-refractivity contribution in [1.29, 1.82) is 0 Å². The number of carbonyl (C=O) groups is 3. The summed E-state index contributed by atoms with van der Waals surface area (Å²) < 4.78 is 1.42. The molecule has 7 nitrogen and oxygen atoms in total. The van der Waals surface area contributed by atoms with Gasteiger partial charge in [0.05, 0.1) is 10.9 Å².